The van der Waals surface area contributed by atoms with Crippen molar-refractivity contribution < 1.29 is 52.1 Å². The molecule has 256 valence electrons. The van der Waals surface area contributed by atoms with Crippen LogP contribution in [0.25, 0.3) is 0 Å². The van der Waals surface area contributed by atoms with Gasteiger partial charge < -0.3 is 32.9 Å². The number of carbonyl (C=O) groups excluding carboxylic acids is 5. The van der Waals surface area contributed by atoms with Crippen molar-refractivity contribution in [3.8, 4) is 0 Å². The normalized spacial score (nSPS) is 39.3. The maximum absolute atomic E-state index is 13.5. The largest absolute Gasteiger partial charge is 0.472 e. The number of ether oxygens (including phenoxy) is 5. The van der Waals surface area contributed by atoms with Crippen LogP contribution in [-0.4, -0.2) is 67.8 Å². The molecule has 3 fully saturated rings. The zero-order valence-corrected chi connectivity index (χ0v) is 28.6. The van der Waals surface area contributed by atoms with E-state index in [0.717, 1.165) is 23.0 Å². The Balaban J connectivity index is 1.81. The lowest BCUT2D eigenvalue weighted by Crippen LogP contribution is -2.74. The summed E-state index contributed by atoms with van der Waals surface area (Å²) in [5.74, 6) is -3.83. The number of rotatable bonds is 8. The van der Waals surface area contributed by atoms with Crippen LogP contribution in [0.4, 0.5) is 0 Å². The Kier molecular flexibility index (Phi) is 9.11. The first kappa shape index (κ1) is 34.6. The Hall–Kier alpha value is -3.73. The molecule has 11 atom stereocenters. The van der Waals surface area contributed by atoms with Gasteiger partial charge in [0.25, 0.3) is 0 Å². The maximum atomic E-state index is 13.5. The molecule has 0 amide bonds. The smallest absolute Gasteiger partial charge is 0.333 e. The zero-order chi connectivity index (χ0) is 34.6. The second-order valence-electron chi connectivity index (χ2n) is 14.2. The van der Waals surface area contributed by atoms with Crippen LogP contribution in [0.1, 0.15) is 86.1 Å². The number of methoxy groups -OCH3 is 1. The van der Waals surface area contributed by atoms with Crippen LogP contribution in [0.15, 0.2) is 45.8 Å². The van der Waals surface area contributed by atoms with Gasteiger partial charge >= 0.3 is 23.9 Å². The minimum Gasteiger partial charge on any atom is -0.472 e. The number of hydrogen-bond donors (Lipinski definition) is 0. The van der Waals surface area contributed by atoms with Crippen LogP contribution < -0.4 is 0 Å². The number of allylic oxidation sites excluding steroid dienone is 2. The Labute approximate surface area is 275 Å². The average molecular weight is 655 g/mol. The van der Waals surface area contributed by atoms with E-state index in [9.17, 15) is 24.0 Å². The molecular formula is C36H46O11. The first-order valence-corrected chi connectivity index (χ1v) is 16.2. The molecule has 11 nitrogen and oxygen atoms in total. The first-order valence-electron chi connectivity index (χ1n) is 16.2. The molecule has 1 aromatic rings. The molecule has 0 radical (unpaired) electrons. The molecule has 47 heavy (non-hydrogen) atoms. The molecule has 11 heteroatoms. The zero-order valence-electron chi connectivity index (χ0n) is 28.6. The molecule has 1 aliphatic heterocycles. The highest BCUT2D eigenvalue weighted by Gasteiger charge is 2.77. The summed E-state index contributed by atoms with van der Waals surface area (Å²) in [5.41, 5.74) is -0.161. The Morgan fingerprint density at radius 2 is 1.68 bits per heavy atom. The van der Waals surface area contributed by atoms with E-state index in [-0.39, 0.29) is 24.9 Å². The quantitative estimate of drug-likeness (QED) is 0.122. The van der Waals surface area contributed by atoms with Crippen molar-refractivity contribution in [3.63, 3.8) is 0 Å². The van der Waals surface area contributed by atoms with E-state index in [2.05, 4.69) is 6.92 Å². The molecule has 2 heterocycles. The number of esters is 4. The van der Waals surface area contributed by atoms with Crippen molar-refractivity contribution in [2.75, 3.05) is 7.11 Å². The molecule has 0 unspecified atom stereocenters. The van der Waals surface area contributed by atoms with Crippen molar-refractivity contribution >= 4 is 30.2 Å². The molecule has 1 aromatic heterocycles. The highest BCUT2D eigenvalue weighted by molar-refractivity contribution is 5.87. The summed E-state index contributed by atoms with van der Waals surface area (Å²) in [4.78, 5) is 65.6. The van der Waals surface area contributed by atoms with Crippen molar-refractivity contribution in [3.05, 3.63) is 47.0 Å². The third kappa shape index (κ3) is 5.25. The summed E-state index contributed by atoms with van der Waals surface area (Å²) in [6.45, 7) is 13.5. The molecule has 0 N–H and O–H groups in total. The van der Waals surface area contributed by atoms with Crippen molar-refractivity contribution in [2.45, 2.75) is 111 Å². The van der Waals surface area contributed by atoms with E-state index in [1.54, 1.807) is 39.4 Å². The fourth-order valence-corrected chi connectivity index (χ4v) is 9.77. The summed E-state index contributed by atoms with van der Waals surface area (Å²) in [6, 6.07) is 1.92. The van der Waals surface area contributed by atoms with E-state index < -0.39 is 76.4 Å². The third-order valence-electron chi connectivity index (χ3n) is 11.9. The van der Waals surface area contributed by atoms with Gasteiger partial charge in [-0.25, -0.2) is 4.79 Å². The highest BCUT2D eigenvalue weighted by atomic mass is 16.6. The lowest BCUT2D eigenvalue weighted by Gasteiger charge is -2.67. The summed E-state index contributed by atoms with van der Waals surface area (Å²) in [5, 5.41) is 0. The van der Waals surface area contributed by atoms with Gasteiger partial charge in [0.1, 0.15) is 30.7 Å². The summed E-state index contributed by atoms with van der Waals surface area (Å²) in [6.07, 6.45) is 1.99. The molecule has 5 rings (SSSR count). The maximum Gasteiger partial charge on any atom is 0.333 e. The predicted octanol–water partition coefficient (Wildman–Crippen LogP) is 5.02. The SMILES string of the molecule is CC=C(C)C(=O)O[C@H]1C[C@@H](OC(C)=O)[C@@](C)(C=O)[C@@H]2[C@@H](OC(C)=O)[C@H]3O[C@@H]4C[C@@H](c5ccoc5)C(C)=C4[C@@]3(C)[C@H](CC(=O)OC)[C@@]12C. The van der Waals surface area contributed by atoms with Gasteiger partial charge in [0.15, 0.2) is 0 Å². The van der Waals surface area contributed by atoms with Crippen molar-refractivity contribution in [1.29, 1.82) is 0 Å². The molecule has 3 aliphatic carbocycles. The average Bonchev–Trinajstić information content (AvgIpc) is 3.73. The molecular weight excluding hydrogens is 608 g/mol. The van der Waals surface area contributed by atoms with Crippen LogP contribution in [0, 0.1) is 28.1 Å². The van der Waals surface area contributed by atoms with Crippen LogP contribution in [0.5, 0.6) is 0 Å². The van der Waals surface area contributed by atoms with Crippen molar-refractivity contribution in [1.82, 2.24) is 0 Å². The van der Waals surface area contributed by atoms with Gasteiger partial charge in [-0.3, -0.25) is 14.4 Å². The second-order valence-corrected chi connectivity index (χ2v) is 14.2. The van der Waals surface area contributed by atoms with Crippen LogP contribution >= 0.6 is 0 Å². The number of carbonyl (C=O) groups is 5. The van der Waals surface area contributed by atoms with Crippen LogP contribution in [0.3, 0.4) is 0 Å². The fraction of sp³-hybridized carbons (Fsp3) is 0.639. The monoisotopic (exact) mass is 654 g/mol. The lowest BCUT2D eigenvalue weighted by molar-refractivity contribution is -0.281. The Morgan fingerprint density at radius 1 is 1.00 bits per heavy atom. The van der Waals surface area contributed by atoms with E-state index in [1.807, 2.05) is 19.9 Å². The van der Waals surface area contributed by atoms with Crippen LogP contribution in [0.2, 0.25) is 0 Å². The summed E-state index contributed by atoms with van der Waals surface area (Å²) < 4.78 is 35.9. The van der Waals surface area contributed by atoms with Gasteiger partial charge in [-0.05, 0) is 57.2 Å². The van der Waals surface area contributed by atoms with Gasteiger partial charge in [-0.15, -0.1) is 0 Å². The molecule has 0 spiro atoms. The molecule has 1 saturated heterocycles. The Morgan fingerprint density at radius 3 is 2.23 bits per heavy atom. The molecule has 0 aromatic carbocycles. The first-order chi connectivity index (χ1) is 22.1. The van der Waals surface area contributed by atoms with Gasteiger partial charge in [0, 0.05) is 54.9 Å². The van der Waals surface area contributed by atoms with Crippen LogP contribution in [-0.2, 0) is 47.7 Å². The van der Waals surface area contributed by atoms with E-state index in [1.165, 1.54) is 21.0 Å². The summed E-state index contributed by atoms with van der Waals surface area (Å²) in [7, 11) is 1.31. The molecule has 0 bridgehead atoms. The van der Waals surface area contributed by atoms with Crippen molar-refractivity contribution in [2.24, 2.45) is 28.1 Å². The summed E-state index contributed by atoms with van der Waals surface area (Å²) >= 11 is 0. The fourth-order valence-electron chi connectivity index (χ4n) is 9.77. The number of hydrogen-bond acceptors (Lipinski definition) is 11. The number of furan rings is 1. The van der Waals surface area contributed by atoms with Gasteiger partial charge in [0.2, 0.25) is 0 Å². The second kappa shape index (κ2) is 12.4. The Bertz CT molecular complexity index is 1510. The minimum atomic E-state index is -1.43. The van der Waals surface area contributed by atoms with Gasteiger partial charge in [-0.2, -0.15) is 0 Å². The predicted molar refractivity (Wildman–Crippen MR) is 166 cm³/mol. The van der Waals surface area contributed by atoms with Gasteiger partial charge in [-0.1, -0.05) is 25.5 Å². The van der Waals surface area contributed by atoms with E-state index >= 15 is 0 Å². The third-order valence-corrected chi connectivity index (χ3v) is 11.9. The highest BCUT2D eigenvalue weighted by Crippen LogP contribution is 2.72. The van der Waals surface area contributed by atoms with Gasteiger partial charge in [0.05, 0.1) is 31.2 Å². The number of aldehydes is 1. The number of fused-ring (bicyclic) bond motifs is 4. The minimum absolute atomic E-state index is 0.00563. The van der Waals surface area contributed by atoms with E-state index in [0.29, 0.717) is 12.0 Å². The topological polar surface area (TPSA) is 145 Å². The molecule has 4 aliphatic rings. The lowest BCUT2D eigenvalue weighted by atomic mass is 9.39. The molecule has 2 saturated carbocycles. The standard InChI is InChI=1S/C36H46O11/c1-10-18(2)33(41)47-27-15-26(44-20(4)38)34(6,17-37)31-30(45-21(5)39)32-36(8,25(35(27,31)7)14-28(40)42-9)29-19(3)23(13-24(29)46-32)22-11-12-43-16-22/h10-12,16-17,23-27,30-32H,13-15H2,1-9H3/t23-,24-,25-,26-,27+,30-,31+,32-,34-,35+,36-/m1/s1. The van der Waals surface area contributed by atoms with E-state index in [4.69, 9.17) is 28.1 Å².